The van der Waals surface area contributed by atoms with Gasteiger partial charge in [-0.2, -0.15) is 0 Å². The van der Waals surface area contributed by atoms with Crippen molar-refractivity contribution in [2.45, 2.75) is 38.1 Å². The molecule has 0 spiro atoms. The van der Waals surface area contributed by atoms with Crippen LogP contribution in [0.1, 0.15) is 32.1 Å². The summed E-state index contributed by atoms with van der Waals surface area (Å²) in [4.78, 5) is 1.87. The van der Waals surface area contributed by atoms with Gasteiger partial charge >= 0.3 is 0 Å². The van der Waals surface area contributed by atoms with Crippen LogP contribution in [0.25, 0.3) is 0 Å². The highest BCUT2D eigenvalue weighted by Crippen LogP contribution is 1.99. The Kier molecular flexibility index (Phi) is 3.01. The predicted molar refractivity (Wildman–Crippen MR) is 49.2 cm³/mol. The third-order valence-electron chi connectivity index (χ3n) is 3.39. The van der Waals surface area contributed by atoms with Gasteiger partial charge in [0.1, 0.15) is 12.6 Å². The molecule has 70 valence electrons. The molecule has 0 aromatic rings. The average molecular weight is 170 g/mol. The maximum Gasteiger partial charge on any atom is 0.135 e. The SMILES string of the molecule is C1CC[C@H](C[NH+]2CCCC2)[NH2+]C1. The van der Waals surface area contributed by atoms with Gasteiger partial charge in [-0.15, -0.1) is 0 Å². The van der Waals surface area contributed by atoms with E-state index in [-0.39, 0.29) is 0 Å². The molecule has 12 heavy (non-hydrogen) atoms. The molecule has 0 aromatic carbocycles. The molecular formula is C10H22N2+2. The molecule has 2 rings (SSSR count). The minimum atomic E-state index is 0.965. The van der Waals surface area contributed by atoms with Crippen LogP contribution in [0.15, 0.2) is 0 Å². The maximum absolute atomic E-state index is 2.58. The molecule has 2 aliphatic rings. The fraction of sp³-hybridized carbons (Fsp3) is 1.00. The molecule has 0 aromatic heterocycles. The molecule has 0 aliphatic carbocycles. The van der Waals surface area contributed by atoms with Gasteiger partial charge in [-0.1, -0.05) is 0 Å². The van der Waals surface area contributed by atoms with E-state index in [4.69, 9.17) is 0 Å². The van der Waals surface area contributed by atoms with Crippen LogP contribution in [0.5, 0.6) is 0 Å². The third-order valence-corrected chi connectivity index (χ3v) is 3.39. The van der Waals surface area contributed by atoms with Crippen LogP contribution in [0.2, 0.25) is 0 Å². The molecule has 2 fully saturated rings. The number of rotatable bonds is 2. The summed E-state index contributed by atoms with van der Waals surface area (Å²) in [5.41, 5.74) is 0. The van der Waals surface area contributed by atoms with Crippen molar-refractivity contribution in [3.05, 3.63) is 0 Å². The molecule has 2 aliphatic heterocycles. The van der Waals surface area contributed by atoms with Crippen molar-refractivity contribution in [3.8, 4) is 0 Å². The minimum absolute atomic E-state index is 0.965. The summed E-state index contributed by atoms with van der Waals surface area (Å²) < 4.78 is 0. The van der Waals surface area contributed by atoms with Gasteiger partial charge in [0.05, 0.1) is 19.6 Å². The van der Waals surface area contributed by atoms with Crippen molar-refractivity contribution in [1.82, 2.24) is 0 Å². The number of likely N-dealkylation sites (tertiary alicyclic amines) is 1. The highest BCUT2D eigenvalue weighted by atomic mass is 15.2. The Bertz CT molecular complexity index is 124. The first kappa shape index (κ1) is 8.52. The molecular weight excluding hydrogens is 148 g/mol. The molecule has 0 saturated carbocycles. The van der Waals surface area contributed by atoms with Crippen LogP contribution >= 0.6 is 0 Å². The van der Waals surface area contributed by atoms with Crippen LogP contribution in [-0.4, -0.2) is 32.2 Å². The lowest BCUT2D eigenvalue weighted by atomic mass is 10.0. The number of hydrogen-bond donors (Lipinski definition) is 2. The van der Waals surface area contributed by atoms with E-state index in [1.54, 1.807) is 0 Å². The van der Waals surface area contributed by atoms with Crippen LogP contribution in [-0.2, 0) is 0 Å². The van der Waals surface area contributed by atoms with Crippen LogP contribution in [0.4, 0.5) is 0 Å². The van der Waals surface area contributed by atoms with Crippen molar-refractivity contribution in [1.29, 1.82) is 0 Å². The molecule has 2 heteroatoms. The zero-order chi connectivity index (χ0) is 8.23. The molecule has 2 saturated heterocycles. The molecule has 0 amide bonds. The third kappa shape index (κ3) is 2.20. The summed E-state index contributed by atoms with van der Waals surface area (Å²) in [5, 5.41) is 2.58. The summed E-state index contributed by atoms with van der Waals surface area (Å²) in [5.74, 6) is 0. The zero-order valence-corrected chi connectivity index (χ0v) is 8.02. The van der Waals surface area contributed by atoms with Gasteiger partial charge in [-0.05, 0) is 12.8 Å². The van der Waals surface area contributed by atoms with Gasteiger partial charge in [-0.3, -0.25) is 0 Å². The van der Waals surface area contributed by atoms with E-state index in [1.165, 1.54) is 58.3 Å². The van der Waals surface area contributed by atoms with Crippen molar-refractivity contribution in [3.63, 3.8) is 0 Å². The standard InChI is InChI=1S/C10H20N2/c1-2-6-11-10(5-1)9-12-7-3-4-8-12/h10-11H,1-9H2/p+2/t10-/m1/s1. The minimum Gasteiger partial charge on any atom is -0.339 e. The first-order valence-electron chi connectivity index (χ1n) is 5.62. The summed E-state index contributed by atoms with van der Waals surface area (Å²) in [7, 11) is 0. The second-order valence-corrected chi connectivity index (χ2v) is 4.44. The lowest BCUT2D eigenvalue weighted by Gasteiger charge is -2.22. The molecule has 3 N–H and O–H groups in total. The molecule has 0 bridgehead atoms. The van der Waals surface area contributed by atoms with Gasteiger partial charge in [0, 0.05) is 19.3 Å². The van der Waals surface area contributed by atoms with E-state index in [0.29, 0.717) is 0 Å². The van der Waals surface area contributed by atoms with Crippen molar-refractivity contribution < 1.29 is 10.2 Å². The van der Waals surface area contributed by atoms with E-state index in [0.717, 1.165) is 6.04 Å². The van der Waals surface area contributed by atoms with Crippen molar-refractivity contribution >= 4 is 0 Å². The molecule has 0 unspecified atom stereocenters. The summed E-state index contributed by atoms with van der Waals surface area (Å²) in [6.45, 7) is 5.73. The second kappa shape index (κ2) is 4.24. The van der Waals surface area contributed by atoms with Gasteiger partial charge in [-0.25, -0.2) is 0 Å². The molecule has 1 atom stereocenters. The van der Waals surface area contributed by atoms with E-state index in [2.05, 4.69) is 5.32 Å². The van der Waals surface area contributed by atoms with Gasteiger partial charge in [0.25, 0.3) is 0 Å². The molecule has 2 heterocycles. The van der Waals surface area contributed by atoms with Crippen molar-refractivity contribution in [2.24, 2.45) is 0 Å². The Hall–Kier alpha value is -0.0800. The van der Waals surface area contributed by atoms with E-state index in [1.807, 2.05) is 4.90 Å². The Morgan fingerprint density at radius 1 is 1.08 bits per heavy atom. The quantitative estimate of drug-likeness (QED) is 0.518. The van der Waals surface area contributed by atoms with Crippen LogP contribution in [0.3, 0.4) is 0 Å². The predicted octanol–water partition coefficient (Wildman–Crippen LogP) is -1.22. The first-order valence-corrected chi connectivity index (χ1v) is 5.62. The van der Waals surface area contributed by atoms with E-state index in [9.17, 15) is 0 Å². The maximum atomic E-state index is 2.58. The average Bonchev–Trinajstić information content (AvgIpc) is 2.59. The number of nitrogens with two attached hydrogens (primary N) is 1. The Labute approximate surface area is 75.3 Å². The lowest BCUT2D eigenvalue weighted by molar-refractivity contribution is -0.909. The normalized spacial score (nSPS) is 32.5. The van der Waals surface area contributed by atoms with E-state index < -0.39 is 0 Å². The summed E-state index contributed by atoms with van der Waals surface area (Å²) >= 11 is 0. The second-order valence-electron chi connectivity index (χ2n) is 4.44. The topological polar surface area (TPSA) is 21.1 Å². The smallest absolute Gasteiger partial charge is 0.135 e. The van der Waals surface area contributed by atoms with Gasteiger partial charge in [0.2, 0.25) is 0 Å². The van der Waals surface area contributed by atoms with Crippen LogP contribution in [0, 0.1) is 0 Å². The first-order chi connectivity index (χ1) is 5.95. The number of nitrogens with one attached hydrogen (secondary N) is 1. The summed E-state index contributed by atoms with van der Waals surface area (Å²) in [6, 6.07) is 0.965. The zero-order valence-electron chi connectivity index (χ0n) is 8.02. The fourth-order valence-corrected chi connectivity index (χ4v) is 2.66. The Morgan fingerprint density at radius 2 is 1.92 bits per heavy atom. The largest absolute Gasteiger partial charge is 0.339 e. The number of quaternary nitrogens is 2. The van der Waals surface area contributed by atoms with Crippen molar-refractivity contribution in [2.75, 3.05) is 26.2 Å². The molecule has 0 radical (unpaired) electrons. The fourth-order valence-electron chi connectivity index (χ4n) is 2.66. The molecule has 2 nitrogen and oxygen atoms in total. The van der Waals surface area contributed by atoms with Gasteiger partial charge < -0.3 is 10.2 Å². The summed E-state index contributed by atoms with van der Waals surface area (Å²) in [6.07, 6.45) is 7.36. The van der Waals surface area contributed by atoms with Gasteiger partial charge in [0.15, 0.2) is 0 Å². The number of hydrogen-bond acceptors (Lipinski definition) is 0. The lowest BCUT2D eigenvalue weighted by Crippen LogP contribution is -3.14. The van der Waals surface area contributed by atoms with Crippen LogP contribution < -0.4 is 10.2 Å². The number of piperidine rings is 1. The Morgan fingerprint density at radius 3 is 2.58 bits per heavy atom. The Balaban J connectivity index is 1.69. The van der Waals surface area contributed by atoms with E-state index >= 15 is 0 Å². The highest BCUT2D eigenvalue weighted by molar-refractivity contribution is 4.58. The monoisotopic (exact) mass is 170 g/mol. The highest BCUT2D eigenvalue weighted by Gasteiger charge is 2.24.